The molecule has 0 radical (unpaired) electrons. The van der Waals surface area contributed by atoms with Crippen molar-refractivity contribution in [3.63, 3.8) is 0 Å². The van der Waals surface area contributed by atoms with Crippen molar-refractivity contribution in [2.45, 2.75) is 46.0 Å². The van der Waals surface area contributed by atoms with Gasteiger partial charge >= 0.3 is 0 Å². The molecule has 0 aromatic carbocycles. The Bertz CT molecular complexity index is 220. The van der Waals surface area contributed by atoms with Gasteiger partial charge in [0.05, 0.1) is 7.11 Å². The van der Waals surface area contributed by atoms with Gasteiger partial charge in [-0.25, -0.2) is 5.06 Å². The largest absolute Gasteiger partial charge is 0.275 e. The van der Waals surface area contributed by atoms with Crippen molar-refractivity contribution in [3.8, 4) is 0 Å². The van der Waals surface area contributed by atoms with Gasteiger partial charge in [0.1, 0.15) is 0 Å². The third-order valence-corrected chi connectivity index (χ3v) is 3.58. The van der Waals surface area contributed by atoms with E-state index in [9.17, 15) is 4.79 Å². The third-order valence-electron chi connectivity index (χ3n) is 3.58. The molecule has 1 aliphatic carbocycles. The summed E-state index contributed by atoms with van der Waals surface area (Å²) < 4.78 is 0. The fourth-order valence-electron chi connectivity index (χ4n) is 2.66. The molecule has 0 unspecified atom stereocenters. The lowest BCUT2D eigenvalue weighted by atomic mass is 9.78. The van der Waals surface area contributed by atoms with E-state index < -0.39 is 0 Å². The van der Waals surface area contributed by atoms with E-state index in [1.54, 1.807) is 14.2 Å². The SMILES string of the molecule is CON(C)C(=O)C1CCC(CC(C)C)CC1. The Hall–Kier alpha value is -0.570. The number of amides is 1. The zero-order valence-electron chi connectivity index (χ0n) is 11.0. The molecule has 0 saturated heterocycles. The van der Waals surface area contributed by atoms with E-state index in [2.05, 4.69) is 13.8 Å². The van der Waals surface area contributed by atoms with Gasteiger partial charge < -0.3 is 0 Å². The van der Waals surface area contributed by atoms with Crippen molar-refractivity contribution in [1.29, 1.82) is 0 Å². The Morgan fingerprint density at radius 3 is 2.31 bits per heavy atom. The van der Waals surface area contributed by atoms with E-state index in [0.717, 1.165) is 24.7 Å². The molecule has 1 aliphatic rings. The van der Waals surface area contributed by atoms with E-state index >= 15 is 0 Å². The van der Waals surface area contributed by atoms with Gasteiger partial charge in [-0.3, -0.25) is 9.63 Å². The fraction of sp³-hybridized carbons (Fsp3) is 0.923. The first-order valence-corrected chi connectivity index (χ1v) is 6.36. The van der Waals surface area contributed by atoms with E-state index in [-0.39, 0.29) is 11.8 Å². The van der Waals surface area contributed by atoms with E-state index in [1.165, 1.54) is 24.3 Å². The number of hydroxylamine groups is 2. The summed E-state index contributed by atoms with van der Waals surface area (Å²) >= 11 is 0. The van der Waals surface area contributed by atoms with Gasteiger partial charge in [0.25, 0.3) is 0 Å². The molecule has 16 heavy (non-hydrogen) atoms. The van der Waals surface area contributed by atoms with Crippen molar-refractivity contribution >= 4 is 5.91 Å². The Kier molecular flexibility index (Phi) is 5.26. The normalized spacial score (nSPS) is 25.8. The molecule has 1 fully saturated rings. The van der Waals surface area contributed by atoms with Crippen LogP contribution in [0.3, 0.4) is 0 Å². The molecule has 0 atom stereocenters. The topological polar surface area (TPSA) is 29.5 Å². The number of hydrogen-bond acceptors (Lipinski definition) is 2. The number of carbonyl (C=O) groups is 1. The fourth-order valence-corrected chi connectivity index (χ4v) is 2.66. The highest BCUT2D eigenvalue weighted by Gasteiger charge is 2.28. The second kappa shape index (κ2) is 6.24. The first-order valence-electron chi connectivity index (χ1n) is 6.36. The average molecular weight is 227 g/mol. The van der Waals surface area contributed by atoms with Crippen LogP contribution in [0.25, 0.3) is 0 Å². The Balaban J connectivity index is 2.34. The van der Waals surface area contributed by atoms with Gasteiger partial charge in [0.2, 0.25) is 5.91 Å². The number of rotatable bonds is 4. The molecule has 0 aromatic heterocycles. The van der Waals surface area contributed by atoms with Gasteiger partial charge in [-0.1, -0.05) is 13.8 Å². The second-order valence-corrected chi connectivity index (χ2v) is 5.37. The van der Waals surface area contributed by atoms with Crippen LogP contribution in [0.4, 0.5) is 0 Å². The van der Waals surface area contributed by atoms with E-state index in [0.29, 0.717) is 0 Å². The maximum absolute atomic E-state index is 11.9. The summed E-state index contributed by atoms with van der Waals surface area (Å²) in [5.74, 6) is 1.94. The van der Waals surface area contributed by atoms with Crippen LogP contribution in [0.15, 0.2) is 0 Å². The maximum atomic E-state index is 11.9. The molecule has 0 heterocycles. The number of carbonyl (C=O) groups excluding carboxylic acids is 1. The van der Waals surface area contributed by atoms with Crippen LogP contribution in [0.5, 0.6) is 0 Å². The zero-order valence-corrected chi connectivity index (χ0v) is 11.0. The minimum Gasteiger partial charge on any atom is -0.275 e. The standard InChI is InChI=1S/C13H25NO2/c1-10(2)9-11-5-7-12(8-6-11)13(15)14(3)16-4/h10-12H,5-9H2,1-4H3. The lowest BCUT2D eigenvalue weighted by molar-refractivity contribution is -0.174. The first kappa shape index (κ1) is 13.5. The maximum Gasteiger partial charge on any atom is 0.248 e. The molecular weight excluding hydrogens is 202 g/mol. The minimum absolute atomic E-state index is 0.144. The average Bonchev–Trinajstić information content (AvgIpc) is 2.27. The predicted molar refractivity (Wildman–Crippen MR) is 64.7 cm³/mol. The Morgan fingerprint density at radius 1 is 1.31 bits per heavy atom. The summed E-state index contributed by atoms with van der Waals surface area (Å²) in [5, 5.41) is 1.37. The van der Waals surface area contributed by atoms with Crippen molar-refractivity contribution < 1.29 is 9.63 Å². The smallest absolute Gasteiger partial charge is 0.248 e. The summed E-state index contributed by atoms with van der Waals surface area (Å²) in [6, 6.07) is 0. The molecule has 1 rings (SSSR count). The van der Waals surface area contributed by atoms with Crippen molar-refractivity contribution in [2.75, 3.05) is 14.2 Å². The van der Waals surface area contributed by atoms with Crippen LogP contribution in [-0.4, -0.2) is 25.1 Å². The van der Waals surface area contributed by atoms with E-state index in [1.807, 2.05) is 0 Å². The predicted octanol–water partition coefficient (Wildman–Crippen LogP) is 2.86. The summed E-state index contributed by atoms with van der Waals surface area (Å²) in [6.07, 6.45) is 5.77. The zero-order chi connectivity index (χ0) is 12.1. The summed E-state index contributed by atoms with van der Waals surface area (Å²) in [7, 11) is 3.24. The molecule has 0 aliphatic heterocycles. The monoisotopic (exact) mass is 227 g/mol. The molecule has 0 bridgehead atoms. The Morgan fingerprint density at radius 2 is 1.88 bits per heavy atom. The molecule has 1 saturated carbocycles. The minimum atomic E-state index is 0.144. The van der Waals surface area contributed by atoms with Gasteiger partial charge in [0, 0.05) is 13.0 Å². The van der Waals surface area contributed by atoms with Gasteiger partial charge in [-0.05, 0) is 43.9 Å². The van der Waals surface area contributed by atoms with Crippen molar-refractivity contribution in [1.82, 2.24) is 5.06 Å². The van der Waals surface area contributed by atoms with Crippen LogP contribution in [-0.2, 0) is 9.63 Å². The van der Waals surface area contributed by atoms with Crippen LogP contribution >= 0.6 is 0 Å². The van der Waals surface area contributed by atoms with Crippen LogP contribution in [0.1, 0.15) is 46.0 Å². The number of hydrogen-bond donors (Lipinski definition) is 0. The van der Waals surface area contributed by atoms with Gasteiger partial charge in [0.15, 0.2) is 0 Å². The molecule has 1 amide bonds. The van der Waals surface area contributed by atoms with Gasteiger partial charge in [-0.15, -0.1) is 0 Å². The summed E-state index contributed by atoms with van der Waals surface area (Å²) in [4.78, 5) is 16.8. The summed E-state index contributed by atoms with van der Waals surface area (Å²) in [6.45, 7) is 4.55. The lowest BCUT2D eigenvalue weighted by Crippen LogP contribution is -2.34. The first-order chi connectivity index (χ1) is 7.54. The quantitative estimate of drug-likeness (QED) is 0.691. The highest BCUT2D eigenvalue weighted by molar-refractivity contribution is 5.77. The third kappa shape index (κ3) is 3.78. The van der Waals surface area contributed by atoms with Crippen LogP contribution < -0.4 is 0 Å². The molecule has 94 valence electrons. The van der Waals surface area contributed by atoms with Gasteiger partial charge in [-0.2, -0.15) is 0 Å². The van der Waals surface area contributed by atoms with Crippen LogP contribution in [0.2, 0.25) is 0 Å². The highest BCUT2D eigenvalue weighted by Crippen LogP contribution is 2.33. The van der Waals surface area contributed by atoms with E-state index in [4.69, 9.17) is 4.84 Å². The molecule has 0 N–H and O–H groups in total. The van der Waals surface area contributed by atoms with Crippen molar-refractivity contribution in [3.05, 3.63) is 0 Å². The lowest BCUT2D eigenvalue weighted by Gasteiger charge is -2.30. The summed E-state index contributed by atoms with van der Waals surface area (Å²) in [5.41, 5.74) is 0. The second-order valence-electron chi connectivity index (χ2n) is 5.37. The molecule has 3 nitrogen and oxygen atoms in total. The molecule has 3 heteroatoms. The molecular formula is C13H25NO2. The Labute approximate surface area is 99.1 Å². The molecule has 0 spiro atoms. The van der Waals surface area contributed by atoms with Crippen LogP contribution in [0, 0.1) is 17.8 Å². The molecule has 0 aromatic rings. The number of nitrogens with zero attached hydrogens (tertiary/aromatic N) is 1. The highest BCUT2D eigenvalue weighted by atomic mass is 16.7. The van der Waals surface area contributed by atoms with Crippen molar-refractivity contribution in [2.24, 2.45) is 17.8 Å².